The number of ether oxygens (including phenoxy) is 2. The molecule has 3 heterocycles. The Labute approximate surface area is 106 Å². The van der Waals surface area contributed by atoms with Crippen LogP contribution in [0.15, 0.2) is 36.7 Å². The van der Waals surface area contributed by atoms with Crippen molar-refractivity contribution >= 4 is 0 Å². The van der Waals surface area contributed by atoms with E-state index in [1.54, 1.807) is 6.20 Å². The summed E-state index contributed by atoms with van der Waals surface area (Å²) in [5.74, 6) is 0. The molecule has 1 saturated heterocycles. The summed E-state index contributed by atoms with van der Waals surface area (Å²) >= 11 is 0. The van der Waals surface area contributed by atoms with Crippen LogP contribution in [0.2, 0.25) is 0 Å². The third-order valence-corrected chi connectivity index (χ3v) is 2.93. The number of aryl methyl sites for hydroxylation is 1. The van der Waals surface area contributed by atoms with Gasteiger partial charge in [-0.3, -0.25) is 9.97 Å². The van der Waals surface area contributed by atoms with Crippen molar-refractivity contribution in [1.29, 1.82) is 0 Å². The van der Waals surface area contributed by atoms with Crippen LogP contribution in [0.5, 0.6) is 0 Å². The smallest absolute Gasteiger partial charge is 0.201 e. The third-order valence-electron chi connectivity index (χ3n) is 2.93. The predicted octanol–water partition coefficient (Wildman–Crippen LogP) is 2.50. The van der Waals surface area contributed by atoms with Gasteiger partial charge >= 0.3 is 0 Å². The molecule has 0 unspecified atom stereocenters. The molecule has 0 saturated carbocycles. The van der Waals surface area contributed by atoms with Crippen molar-refractivity contribution in [2.45, 2.75) is 13.2 Å². The molecule has 0 atom stereocenters. The molecule has 0 N–H and O–H groups in total. The Balaban J connectivity index is 1.89. The number of aromatic nitrogens is 2. The second kappa shape index (κ2) is 4.84. The van der Waals surface area contributed by atoms with Gasteiger partial charge in [0.25, 0.3) is 0 Å². The topological polar surface area (TPSA) is 44.2 Å². The normalized spacial score (nSPS) is 16.1. The maximum Gasteiger partial charge on any atom is 0.201 e. The molecule has 4 nitrogen and oxygen atoms in total. The first-order valence-corrected chi connectivity index (χ1v) is 5.96. The van der Waals surface area contributed by atoms with Crippen LogP contribution in [0.4, 0.5) is 0 Å². The molecule has 0 aromatic carbocycles. The van der Waals surface area contributed by atoms with E-state index in [4.69, 9.17) is 9.47 Å². The second-order valence-corrected chi connectivity index (χ2v) is 4.21. The molecule has 18 heavy (non-hydrogen) atoms. The van der Waals surface area contributed by atoms with Crippen LogP contribution in [-0.2, 0) is 9.47 Å². The Morgan fingerprint density at radius 2 is 1.94 bits per heavy atom. The highest BCUT2D eigenvalue weighted by molar-refractivity contribution is 5.61. The molecule has 0 radical (unpaired) electrons. The average Bonchev–Trinajstić information content (AvgIpc) is 2.94. The first-order chi connectivity index (χ1) is 8.84. The number of nitrogens with zero attached hydrogens (tertiary/aromatic N) is 2. The van der Waals surface area contributed by atoms with Gasteiger partial charge in [-0.15, -0.1) is 0 Å². The molecule has 1 fully saturated rings. The van der Waals surface area contributed by atoms with Gasteiger partial charge < -0.3 is 9.47 Å². The third kappa shape index (κ3) is 2.12. The minimum atomic E-state index is -0.316. The highest BCUT2D eigenvalue weighted by Crippen LogP contribution is 2.24. The van der Waals surface area contributed by atoms with Gasteiger partial charge in [0.15, 0.2) is 0 Å². The van der Waals surface area contributed by atoms with E-state index < -0.39 is 0 Å². The molecule has 0 aliphatic carbocycles. The van der Waals surface area contributed by atoms with E-state index in [1.165, 1.54) is 0 Å². The Hall–Kier alpha value is -1.78. The number of rotatable bonds is 2. The van der Waals surface area contributed by atoms with Crippen LogP contribution in [0, 0.1) is 6.92 Å². The van der Waals surface area contributed by atoms with Crippen LogP contribution < -0.4 is 0 Å². The Morgan fingerprint density at radius 3 is 2.61 bits per heavy atom. The Bertz CT molecular complexity index is 534. The van der Waals surface area contributed by atoms with Gasteiger partial charge in [-0.05, 0) is 30.7 Å². The zero-order valence-electron chi connectivity index (χ0n) is 10.2. The molecule has 0 bridgehead atoms. The average molecular weight is 242 g/mol. The summed E-state index contributed by atoms with van der Waals surface area (Å²) in [6, 6.07) is 7.91. The van der Waals surface area contributed by atoms with Crippen molar-refractivity contribution in [1.82, 2.24) is 9.97 Å². The SMILES string of the molecule is Cc1cccnc1-c1ccc(C2OCCO2)nc1. The van der Waals surface area contributed by atoms with Crippen molar-refractivity contribution in [2.24, 2.45) is 0 Å². The van der Waals surface area contributed by atoms with E-state index >= 15 is 0 Å². The molecular weight excluding hydrogens is 228 g/mol. The van der Waals surface area contributed by atoms with Gasteiger partial charge in [0.2, 0.25) is 6.29 Å². The second-order valence-electron chi connectivity index (χ2n) is 4.21. The van der Waals surface area contributed by atoms with E-state index in [-0.39, 0.29) is 6.29 Å². The van der Waals surface area contributed by atoms with E-state index in [1.807, 2.05) is 37.4 Å². The minimum absolute atomic E-state index is 0.316. The zero-order valence-corrected chi connectivity index (χ0v) is 10.2. The Morgan fingerprint density at radius 1 is 1.11 bits per heavy atom. The summed E-state index contributed by atoms with van der Waals surface area (Å²) in [4.78, 5) is 8.76. The molecule has 1 aliphatic rings. The number of hydrogen-bond acceptors (Lipinski definition) is 4. The van der Waals surface area contributed by atoms with Crippen LogP contribution in [-0.4, -0.2) is 23.2 Å². The quantitative estimate of drug-likeness (QED) is 0.811. The predicted molar refractivity (Wildman–Crippen MR) is 66.9 cm³/mol. The maximum absolute atomic E-state index is 5.41. The van der Waals surface area contributed by atoms with Gasteiger partial charge in [-0.2, -0.15) is 0 Å². The molecule has 4 heteroatoms. The standard InChI is InChI=1S/C14H14N2O2/c1-10-3-2-6-15-13(10)11-4-5-12(16-9-11)14-17-7-8-18-14/h2-6,9,14H,7-8H2,1H3. The fraction of sp³-hybridized carbons (Fsp3) is 0.286. The van der Waals surface area contributed by atoms with E-state index in [2.05, 4.69) is 9.97 Å². The fourth-order valence-corrected chi connectivity index (χ4v) is 2.00. The molecule has 2 aromatic rings. The summed E-state index contributed by atoms with van der Waals surface area (Å²) in [6.45, 7) is 3.31. The summed E-state index contributed by atoms with van der Waals surface area (Å²) < 4.78 is 10.8. The van der Waals surface area contributed by atoms with Crippen LogP contribution >= 0.6 is 0 Å². The molecule has 1 aliphatic heterocycles. The van der Waals surface area contributed by atoms with E-state index in [0.717, 1.165) is 22.5 Å². The summed E-state index contributed by atoms with van der Waals surface area (Å²) in [7, 11) is 0. The van der Waals surface area contributed by atoms with Crippen molar-refractivity contribution in [3.8, 4) is 11.3 Å². The van der Waals surface area contributed by atoms with Crippen LogP contribution in [0.1, 0.15) is 17.5 Å². The lowest BCUT2D eigenvalue weighted by atomic mass is 10.1. The summed E-state index contributed by atoms with van der Waals surface area (Å²) in [6.07, 6.45) is 3.29. The van der Waals surface area contributed by atoms with Crippen molar-refractivity contribution in [2.75, 3.05) is 13.2 Å². The molecule has 3 rings (SSSR count). The van der Waals surface area contributed by atoms with E-state index in [9.17, 15) is 0 Å². The van der Waals surface area contributed by atoms with Crippen LogP contribution in [0.3, 0.4) is 0 Å². The largest absolute Gasteiger partial charge is 0.345 e. The lowest BCUT2D eigenvalue weighted by Crippen LogP contribution is -2.01. The molecule has 0 amide bonds. The van der Waals surface area contributed by atoms with Crippen molar-refractivity contribution in [3.05, 3.63) is 47.9 Å². The van der Waals surface area contributed by atoms with Gasteiger partial charge in [-0.25, -0.2) is 0 Å². The lowest BCUT2D eigenvalue weighted by molar-refractivity contribution is -0.0472. The molecule has 2 aromatic heterocycles. The summed E-state index contributed by atoms with van der Waals surface area (Å²) in [5, 5.41) is 0. The highest BCUT2D eigenvalue weighted by atomic mass is 16.7. The van der Waals surface area contributed by atoms with Crippen LogP contribution in [0.25, 0.3) is 11.3 Å². The maximum atomic E-state index is 5.41. The monoisotopic (exact) mass is 242 g/mol. The molecule has 0 spiro atoms. The zero-order chi connectivity index (χ0) is 12.4. The highest BCUT2D eigenvalue weighted by Gasteiger charge is 2.19. The first-order valence-electron chi connectivity index (χ1n) is 5.96. The molecule has 92 valence electrons. The van der Waals surface area contributed by atoms with Gasteiger partial charge in [-0.1, -0.05) is 6.07 Å². The Kier molecular flexibility index (Phi) is 3.04. The van der Waals surface area contributed by atoms with Gasteiger partial charge in [0.05, 0.1) is 24.6 Å². The van der Waals surface area contributed by atoms with Crippen molar-refractivity contribution in [3.63, 3.8) is 0 Å². The van der Waals surface area contributed by atoms with Gasteiger partial charge in [0.1, 0.15) is 0 Å². The van der Waals surface area contributed by atoms with Crippen molar-refractivity contribution < 1.29 is 9.47 Å². The van der Waals surface area contributed by atoms with E-state index in [0.29, 0.717) is 13.2 Å². The minimum Gasteiger partial charge on any atom is -0.345 e. The molecular formula is C14H14N2O2. The summed E-state index contributed by atoms with van der Waals surface area (Å²) in [5.41, 5.74) is 3.92. The lowest BCUT2D eigenvalue weighted by Gasteiger charge is -2.09. The first kappa shape index (κ1) is 11.3. The number of hydrogen-bond donors (Lipinski definition) is 0. The number of pyridine rings is 2. The van der Waals surface area contributed by atoms with Gasteiger partial charge in [0, 0.05) is 18.0 Å². The fourth-order valence-electron chi connectivity index (χ4n) is 2.00.